The van der Waals surface area contributed by atoms with Gasteiger partial charge >= 0.3 is 6.18 Å². The normalized spacial score (nSPS) is 16.2. The lowest BCUT2D eigenvalue weighted by molar-refractivity contribution is -0.546. The summed E-state index contributed by atoms with van der Waals surface area (Å²) in [5, 5.41) is 16.3. The molecule has 1 saturated carbocycles. The molecule has 0 radical (unpaired) electrons. The molecule has 1 fully saturated rings. The van der Waals surface area contributed by atoms with Crippen LogP contribution in [0.5, 0.6) is 5.75 Å². The van der Waals surface area contributed by atoms with Crippen molar-refractivity contribution in [3.05, 3.63) is 83.3 Å². The second kappa shape index (κ2) is 9.97. The lowest BCUT2D eigenvalue weighted by atomic mass is 9.84. The smallest absolute Gasteiger partial charge is 0.416 e. The van der Waals surface area contributed by atoms with Gasteiger partial charge in [-0.05, 0) is 48.2 Å². The van der Waals surface area contributed by atoms with Crippen molar-refractivity contribution in [3.8, 4) is 16.9 Å². The third-order valence-electron chi connectivity index (χ3n) is 7.04. The maximum atomic E-state index is 13.0. The van der Waals surface area contributed by atoms with Gasteiger partial charge in [-0.2, -0.15) is 18.3 Å². The summed E-state index contributed by atoms with van der Waals surface area (Å²) in [5.74, 6) is 1.55. The molecule has 0 bridgehead atoms. The summed E-state index contributed by atoms with van der Waals surface area (Å²) < 4.78 is 46.8. The van der Waals surface area contributed by atoms with Crippen LogP contribution in [0.15, 0.2) is 76.5 Å². The van der Waals surface area contributed by atoms with E-state index in [0.717, 1.165) is 53.0 Å². The second-order valence-electron chi connectivity index (χ2n) is 9.52. The molecule has 0 amide bonds. The average molecular weight is 521 g/mol. The maximum Gasteiger partial charge on any atom is 0.416 e. The molecule has 2 aliphatic rings. The maximum absolute atomic E-state index is 13.0. The number of rotatable bonds is 6. The number of benzene rings is 2. The molecule has 2 N–H and O–H groups in total. The van der Waals surface area contributed by atoms with Crippen molar-refractivity contribution in [2.45, 2.75) is 50.8 Å². The van der Waals surface area contributed by atoms with Gasteiger partial charge in [0.15, 0.2) is 5.65 Å². The molecular formula is C27H25F3N7O+. The molecule has 0 atom stereocenters. The lowest BCUT2D eigenvalue weighted by Crippen LogP contribution is -2.80. The topological polar surface area (TPSA) is 93.1 Å². The summed E-state index contributed by atoms with van der Waals surface area (Å²) in [5.41, 5.74) is 5.97. The summed E-state index contributed by atoms with van der Waals surface area (Å²) >= 11 is 0. The van der Waals surface area contributed by atoms with E-state index in [4.69, 9.17) is 14.8 Å². The SMILES string of the molecule is FC(F)(F)c1cccc(COc2ccc(-c3cnc4c(C5=NN=N[NH2+]5)cnn4c3C3CCCCC3)cc2)c1. The molecule has 0 saturated heterocycles. The Hall–Kier alpha value is -4.12. The van der Waals surface area contributed by atoms with Gasteiger partial charge in [0.1, 0.15) is 17.9 Å². The fourth-order valence-corrected chi connectivity index (χ4v) is 5.16. The summed E-state index contributed by atoms with van der Waals surface area (Å²) in [6, 6.07) is 12.7. The predicted molar refractivity (Wildman–Crippen MR) is 133 cm³/mol. The monoisotopic (exact) mass is 520 g/mol. The quantitative estimate of drug-likeness (QED) is 0.333. The van der Waals surface area contributed by atoms with Crippen molar-refractivity contribution in [2.75, 3.05) is 0 Å². The Kier molecular flexibility index (Phi) is 6.36. The van der Waals surface area contributed by atoms with E-state index in [0.29, 0.717) is 23.1 Å². The van der Waals surface area contributed by atoms with Crippen molar-refractivity contribution in [2.24, 2.45) is 15.5 Å². The summed E-state index contributed by atoms with van der Waals surface area (Å²) in [4.78, 5) is 4.74. The highest BCUT2D eigenvalue weighted by atomic mass is 19.4. The molecule has 3 heterocycles. The van der Waals surface area contributed by atoms with Gasteiger partial charge in [0.25, 0.3) is 5.84 Å². The fourth-order valence-electron chi connectivity index (χ4n) is 5.16. The zero-order valence-corrected chi connectivity index (χ0v) is 20.4. The first-order valence-electron chi connectivity index (χ1n) is 12.5. The number of halogens is 3. The predicted octanol–water partition coefficient (Wildman–Crippen LogP) is 5.65. The first kappa shape index (κ1) is 24.2. The molecule has 11 heteroatoms. The van der Waals surface area contributed by atoms with Crippen LogP contribution < -0.4 is 10.2 Å². The minimum absolute atomic E-state index is 0.0413. The van der Waals surface area contributed by atoms with Crippen LogP contribution in [-0.4, -0.2) is 20.4 Å². The largest absolute Gasteiger partial charge is 0.489 e. The van der Waals surface area contributed by atoms with E-state index in [9.17, 15) is 13.2 Å². The molecule has 0 spiro atoms. The van der Waals surface area contributed by atoms with Gasteiger partial charge < -0.3 is 4.74 Å². The first-order valence-corrected chi connectivity index (χ1v) is 12.5. The van der Waals surface area contributed by atoms with Gasteiger partial charge in [-0.25, -0.2) is 9.50 Å². The zero-order chi connectivity index (χ0) is 26.1. The van der Waals surface area contributed by atoms with Crippen molar-refractivity contribution in [1.29, 1.82) is 0 Å². The molecule has 8 nitrogen and oxygen atoms in total. The molecule has 6 rings (SSSR count). The molecule has 4 aromatic rings. The number of ether oxygens (including phenoxy) is 1. The van der Waals surface area contributed by atoms with E-state index in [-0.39, 0.29) is 6.61 Å². The number of aromatic nitrogens is 3. The van der Waals surface area contributed by atoms with E-state index < -0.39 is 11.7 Å². The Labute approximate surface area is 216 Å². The van der Waals surface area contributed by atoms with Crippen molar-refractivity contribution < 1.29 is 23.3 Å². The Morgan fingerprint density at radius 2 is 1.79 bits per heavy atom. The van der Waals surface area contributed by atoms with E-state index in [1.807, 2.05) is 35.0 Å². The van der Waals surface area contributed by atoms with Crippen LogP contribution in [0, 0.1) is 0 Å². The van der Waals surface area contributed by atoms with E-state index in [2.05, 4.69) is 15.5 Å². The number of quaternary nitrogens is 1. The van der Waals surface area contributed by atoms with Crippen LogP contribution in [0.25, 0.3) is 16.8 Å². The van der Waals surface area contributed by atoms with Crippen LogP contribution in [0.1, 0.15) is 60.4 Å². The molecule has 38 heavy (non-hydrogen) atoms. The Bertz CT molecular complexity index is 1520. The van der Waals surface area contributed by atoms with Gasteiger partial charge in [0, 0.05) is 22.9 Å². The lowest BCUT2D eigenvalue weighted by Gasteiger charge is -2.25. The third kappa shape index (κ3) is 4.76. The van der Waals surface area contributed by atoms with Crippen LogP contribution in [-0.2, 0) is 12.8 Å². The van der Waals surface area contributed by atoms with Gasteiger partial charge in [-0.1, -0.05) is 48.6 Å². The zero-order valence-electron chi connectivity index (χ0n) is 20.4. The summed E-state index contributed by atoms with van der Waals surface area (Å²) in [6.07, 6.45) is 4.99. The van der Waals surface area contributed by atoms with Crippen molar-refractivity contribution >= 4 is 11.5 Å². The standard InChI is InChI=1S/C27H24F3N7O/c28-27(29,30)20-8-4-5-17(13-20)16-38-21-11-9-18(10-12-21)22-14-31-26-23(25-33-35-36-34-25)15-32-37(26)24(22)19-6-2-1-3-7-19/h4-5,8-15,19H,1-3,6-7,16H2,(H,33,34,35,36)/p+1. The number of nitrogens with zero attached hydrogens (tertiary/aromatic N) is 6. The van der Waals surface area contributed by atoms with Gasteiger partial charge in [0.2, 0.25) is 0 Å². The van der Waals surface area contributed by atoms with E-state index in [1.54, 1.807) is 17.7 Å². The third-order valence-corrected chi connectivity index (χ3v) is 7.04. The van der Waals surface area contributed by atoms with Crippen molar-refractivity contribution in [1.82, 2.24) is 14.6 Å². The highest BCUT2D eigenvalue weighted by Crippen LogP contribution is 2.38. The second-order valence-corrected chi connectivity index (χ2v) is 9.52. The van der Waals surface area contributed by atoms with Crippen molar-refractivity contribution in [3.63, 3.8) is 0 Å². The number of hydrogen-bond donors (Lipinski definition) is 1. The number of hydrogen-bond acceptors (Lipinski definition) is 6. The van der Waals surface area contributed by atoms with E-state index in [1.165, 1.54) is 25.3 Å². The number of nitrogens with two attached hydrogens (primary N) is 1. The molecule has 1 aliphatic heterocycles. The van der Waals surface area contributed by atoms with E-state index >= 15 is 0 Å². The highest BCUT2D eigenvalue weighted by Gasteiger charge is 2.30. The minimum atomic E-state index is -4.38. The number of fused-ring (bicyclic) bond motifs is 1. The fraction of sp³-hybridized carbons (Fsp3) is 0.296. The highest BCUT2D eigenvalue weighted by molar-refractivity contribution is 5.97. The minimum Gasteiger partial charge on any atom is -0.489 e. The molecule has 194 valence electrons. The molecule has 1 aliphatic carbocycles. The van der Waals surface area contributed by atoms with Gasteiger partial charge in [-0.15, -0.1) is 5.43 Å². The first-order chi connectivity index (χ1) is 18.5. The molecule has 0 unspecified atom stereocenters. The van der Waals surface area contributed by atoms with Crippen LogP contribution in [0.2, 0.25) is 0 Å². The summed E-state index contributed by atoms with van der Waals surface area (Å²) in [6.45, 7) is 0.0413. The summed E-state index contributed by atoms with van der Waals surface area (Å²) in [7, 11) is 0. The Balaban J connectivity index is 1.29. The average Bonchev–Trinajstić information content (AvgIpc) is 3.62. The Morgan fingerprint density at radius 3 is 2.53 bits per heavy atom. The number of alkyl halides is 3. The number of amidine groups is 1. The molecular weight excluding hydrogens is 495 g/mol. The molecule has 2 aromatic carbocycles. The molecule has 2 aromatic heterocycles. The van der Waals surface area contributed by atoms with Crippen LogP contribution in [0.3, 0.4) is 0 Å². The van der Waals surface area contributed by atoms with Crippen LogP contribution >= 0.6 is 0 Å². The van der Waals surface area contributed by atoms with Gasteiger partial charge in [0.05, 0.1) is 22.7 Å². The van der Waals surface area contributed by atoms with Gasteiger partial charge in [-0.3, -0.25) is 0 Å². The Morgan fingerprint density at radius 1 is 0.974 bits per heavy atom. The van der Waals surface area contributed by atoms with Crippen LogP contribution in [0.4, 0.5) is 13.2 Å².